The second-order valence-electron chi connectivity index (χ2n) is 3.27. The van der Waals surface area contributed by atoms with E-state index in [4.69, 9.17) is 14.6 Å². The molecule has 0 aliphatic carbocycles. The van der Waals surface area contributed by atoms with Crippen molar-refractivity contribution in [2.24, 2.45) is 0 Å². The zero-order valence-electron chi connectivity index (χ0n) is 9.32. The molecule has 0 heterocycles. The van der Waals surface area contributed by atoms with E-state index in [1.165, 1.54) is 14.0 Å². The standard InChI is InChI=1S/C11H11IO5/c1-6(13)17-11-8(12)3-7(5-10(14)15)4-9(11)16-2/h3-4H,5H2,1-2H3,(H,14,15). The molecule has 92 valence electrons. The Morgan fingerprint density at radius 1 is 1.41 bits per heavy atom. The van der Waals surface area contributed by atoms with Gasteiger partial charge in [-0.2, -0.15) is 0 Å². The second kappa shape index (κ2) is 5.85. The quantitative estimate of drug-likeness (QED) is 0.510. The number of ether oxygens (including phenoxy) is 2. The highest BCUT2D eigenvalue weighted by molar-refractivity contribution is 14.1. The summed E-state index contributed by atoms with van der Waals surface area (Å²) in [6.45, 7) is 1.29. The van der Waals surface area contributed by atoms with Gasteiger partial charge in [-0.25, -0.2) is 0 Å². The van der Waals surface area contributed by atoms with Gasteiger partial charge >= 0.3 is 11.9 Å². The maximum absolute atomic E-state index is 10.9. The summed E-state index contributed by atoms with van der Waals surface area (Å²) in [5.74, 6) is -0.714. The highest BCUT2D eigenvalue weighted by Gasteiger charge is 2.14. The first-order valence-corrected chi connectivity index (χ1v) is 5.78. The van der Waals surface area contributed by atoms with Crippen LogP contribution in [0.25, 0.3) is 0 Å². The molecule has 0 aliphatic rings. The number of carbonyl (C=O) groups is 2. The molecule has 0 aromatic heterocycles. The lowest BCUT2D eigenvalue weighted by Crippen LogP contribution is -2.06. The van der Waals surface area contributed by atoms with Gasteiger partial charge in [-0.15, -0.1) is 0 Å². The number of benzene rings is 1. The van der Waals surface area contributed by atoms with Gasteiger partial charge in [0.05, 0.1) is 17.1 Å². The molecular formula is C11H11IO5. The molecule has 0 saturated carbocycles. The molecule has 0 saturated heterocycles. The Balaban J connectivity index is 3.15. The van der Waals surface area contributed by atoms with Crippen LogP contribution in [0.4, 0.5) is 0 Å². The molecule has 0 aliphatic heterocycles. The number of rotatable bonds is 4. The first-order valence-electron chi connectivity index (χ1n) is 4.70. The van der Waals surface area contributed by atoms with Crippen molar-refractivity contribution >= 4 is 34.5 Å². The number of esters is 1. The van der Waals surface area contributed by atoms with Crippen LogP contribution in [0.2, 0.25) is 0 Å². The maximum atomic E-state index is 10.9. The topological polar surface area (TPSA) is 72.8 Å². The Morgan fingerprint density at radius 2 is 2.06 bits per heavy atom. The van der Waals surface area contributed by atoms with Crippen molar-refractivity contribution in [2.75, 3.05) is 7.11 Å². The molecule has 0 spiro atoms. The van der Waals surface area contributed by atoms with Crippen LogP contribution >= 0.6 is 22.6 Å². The molecule has 5 nitrogen and oxygen atoms in total. The lowest BCUT2D eigenvalue weighted by atomic mass is 10.1. The number of carboxylic acid groups (broad SMARTS) is 1. The third-order valence-electron chi connectivity index (χ3n) is 1.89. The zero-order valence-corrected chi connectivity index (χ0v) is 11.5. The average Bonchev–Trinajstić information content (AvgIpc) is 2.20. The molecule has 1 rings (SSSR count). The number of halogens is 1. The van der Waals surface area contributed by atoms with Gasteiger partial charge in [0.1, 0.15) is 0 Å². The molecule has 1 N–H and O–H groups in total. The molecule has 6 heteroatoms. The van der Waals surface area contributed by atoms with Gasteiger partial charge in [-0.05, 0) is 40.3 Å². The van der Waals surface area contributed by atoms with Crippen molar-refractivity contribution in [1.82, 2.24) is 0 Å². The lowest BCUT2D eigenvalue weighted by Gasteiger charge is -2.11. The third kappa shape index (κ3) is 3.88. The summed E-state index contributed by atoms with van der Waals surface area (Å²) in [5, 5.41) is 8.71. The molecule has 0 fully saturated rings. The SMILES string of the molecule is COc1cc(CC(=O)O)cc(I)c1OC(C)=O. The number of carboxylic acids is 1. The minimum absolute atomic E-state index is 0.104. The van der Waals surface area contributed by atoms with Crippen molar-refractivity contribution in [1.29, 1.82) is 0 Å². The van der Waals surface area contributed by atoms with Crippen molar-refractivity contribution in [2.45, 2.75) is 13.3 Å². The van der Waals surface area contributed by atoms with Crippen LogP contribution < -0.4 is 9.47 Å². The molecule has 0 bridgehead atoms. The average molecular weight is 350 g/mol. The van der Waals surface area contributed by atoms with Crippen molar-refractivity contribution in [3.63, 3.8) is 0 Å². The van der Waals surface area contributed by atoms with E-state index >= 15 is 0 Å². The Bertz CT molecular complexity index is 455. The lowest BCUT2D eigenvalue weighted by molar-refractivity contribution is -0.136. The second-order valence-corrected chi connectivity index (χ2v) is 4.44. The predicted octanol–water partition coefficient (Wildman–Crippen LogP) is 1.85. The van der Waals surface area contributed by atoms with Crippen LogP contribution in [-0.4, -0.2) is 24.2 Å². The summed E-state index contributed by atoms with van der Waals surface area (Å²) in [6, 6.07) is 3.20. The molecule has 0 unspecified atom stereocenters. The fourth-order valence-electron chi connectivity index (χ4n) is 1.29. The van der Waals surface area contributed by atoms with Gasteiger partial charge in [0.15, 0.2) is 11.5 Å². The highest BCUT2D eigenvalue weighted by Crippen LogP contribution is 2.34. The van der Waals surface area contributed by atoms with Crippen LogP contribution in [0.5, 0.6) is 11.5 Å². The third-order valence-corrected chi connectivity index (χ3v) is 2.69. The van der Waals surface area contributed by atoms with Gasteiger partial charge in [0.25, 0.3) is 0 Å². The van der Waals surface area contributed by atoms with E-state index in [0.717, 1.165) is 0 Å². The molecular weight excluding hydrogens is 339 g/mol. The molecule has 0 amide bonds. The van der Waals surface area contributed by atoms with Gasteiger partial charge < -0.3 is 14.6 Å². The molecule has 0 radical (unpaired) electrons. The Morgan fingerprint density at radius 3 is 2.53 bits per heavy atom. The minimum Gasteiger partial charge on any atom is -0.493 e. The minimum atomic E-state index is -0.928. The Kier molecular flexibility index (Phi) is 4.73. The van der Waals surface area contributed by atoms with Crippen LogP contribution in [-0.2, 0) is 16.0 Å². The summed E-state index contributed by atoms with van der Waals surface area (Å²) in [6.07, 6.45) is -0.104. The van der Waals surface area contributed by atoms with Crippen LogP contribution in [0.15, 0.2) is 12.1 Å². The van der Waals surface area contributed by atoms with Crippen molar-refractivity contribution in [3.05, 3.63) is 21.3 Å². The normalized spacial score (nSPS) is 9.82. The monoisotopic (exact) mass is 350 g/mol. The number of hydrogen-bond acceptors (Lipinski definition) is 4. The van der Waals surface area contributed by atoms with Gasteiger partial charge in [0.2, 0.25) is 0 Å². The zero-order chi connectivity index (χ0) is 13.0. The Labute approximate surface area is 112 Å². The summed E-state index contributed by atoms with van der Waals surface area (Å²) in [5.41, 5.74) is 0.592. The highest BCUT2D eigenvalue weighted by atomic mass is 127. The number of hydrogen-bond donors (Lipinski definition) is 1. The van der Waals surface area contributed by atoms with Gasteiger partial charge in [-0.1, -0.05) is 0 Å². The summed E-state index contributed by atoms with van der Waals surface area (Å²) >= 11 is 1.96. The summed E-state index contributed by atoms with van der Waals surface area (Å²) in [7, 11) is 1.43. The van der Waals surface area contributed by atoms with Crippen LogP contribution in [0.1, 0.15) is 12.5 Å². The van der Waals surface area contributed by atoms with E-state index in [1.807, 2.05) is 22.6 Å². The molecule has 0 atom stereocenters. The largest absolute Gasteiger partial charge is 0.493 e. The van der Waals surface area contributed by atoms with Gasteiger partial charge in [-0.3, -0.25) is 9.59 Å². The summed E-state index contributed by atoms with van der Waals surface area (Å²) in [4.78, 5) is 21.5. The fourth-order valence-corrected chi connectivity index (χ4v) is 2.07. The van der Waals surface area contributed by atoms with Crippen molar-refractivity contribution < 1.29 is 24.2 Å². The van der Waals surface area contributed by atoms with Gasteiger partial charge in [0, 0.05) is 6.92 Å². The van der Waals surface area contributed by atoms with Crippen LogP contribution in [0, 0.1) is 3.57 Å². The molecule has 17 heavy (non-hydrogen) atoms. The fraction of sp³-hybridized carbons (Fsp3) is 0.273. The van der Waals surface area contributed by atoms with Crippen molar-refractivity contribution in [3.8, 4) is 11.5 Å². The summed E-state index contributed by atoms with van der Waals surface area (Å²) < 4.78 is 10.7. The van der Waals surface area contributed by atoms with E-state index in [1.54, 1.807) is 12.1 Å². The maximum Gasteiger partial charge on any atom is 0.308 e. The molecule has 1 aromatic carbocycles. The van der Waals surface area contributed by atoms with E-state index in [9.17, 15) is 9.59 Å². The number of methoxy groups -OCH3 is 1. The molecule has 1 aromatic rings. The smallest absolute Gasteiger partial charge is 0.308 e. The van der Waals surface area contributed by atoms with E-state index < -0.39 is 11.9 Å². The predicted molar refractivity (Wildman–Crippen MR) is 68.4 cm³/mol. The first kappa shape index (κ1) is 13.8. The number of carbonyl (C=O) groups excluding carboxylic acids is 1. The van der Waals surface area contributed by atoms with E-state index in [0.29, 0.717) is 20.6 Å². The van der Waals surface area contributed by atoms with E-state index in [-0.39, 0.29) is 6.42 Å². The Hall–Kier alpha value is -1.31. The first-order chi connectivity index (χ1) is 7.93. The number of aliphatic carboxylic acids is 1. The van der Waals surface area contributed by atoms with Crippen LogP contribution in [0.3, 0.4) is 0 Å². The van der Waals surface area contributed by atoms with E-state index in [2.05, 4.69) is 0 Å².